The average Bonchev–Trinajstić information content (AvgIpc) is 3.32. The minimum absolute atomic E-state index is 0.00587. The van der Waals surface area contributed by atoms with Gasteiger partial charge in [0.05, 0.1) is 17.9 Å². The number of hydrogen-bond acceptors (Lipinski definition) is 6. The minimum atomic E-state index is -0.252. The quantitative estimate of drug-likeness (QED) is 0.669. The van der Waals surface area contributed by atoms with Gasteiger partial charge in [-0.05, 0) is 56.9 Å². The largest absolute Gasteiger partial charge is 0.368 e. The smallest absolute Gasteiger partial charge is 0.254 e. The summed E-state index contributed by atoms with van der Waals surface area (Å²) in [5.41, 5.74) is 6.26. The van der Waals surface area contributed by atoms with Gasteiger partial charge in [0.15, 0.2) is 0 Å². The normalized spacial score (nSPS) is 32.4. The molecule has 3 aliphatic heterocycles. The fourth-order valence-electron chi connectivity index (χ4n) is 5.93. The molecule has 1 aromatic rings. The molecule has 0 radical (unpaired) electrons. The molecular weight excluding hydrogens is 404 g/mol. The van der Waals surface area contributed by atoms with E-state index < -0.39 is 0 Å². The van der Waals surface area contributed by atoms with Crippen LogP contribution in [-0.2, 0) is 11.3 Å². The third-order valence-electron chi connectivity index (χ3n) is 7.60. The van der Waals surface area contributed by atoms with Crippen LogP contribution in [-0.4, -0.2) is 52.6 Å². The fourth-order valence-corrected chi connectivity index (χ4v) is 5.93. The Morgan fingerprint density at radius 3 is 2.75 bits per heavy atom. The predicted octanol–water partition coefficient (Wildman–Crippen LogP) is 2.20. The maximum Gasteiger partial charge on any atom is 0.254 e. The van der Waals surface area contributed by atoms with E-state index in [0.717, 1.165) is 48.9 Å². The van der Waals surface area contributed by atoms with E-state index >= 15 is 0 Å². The second-order valence-electron chi connectivity index (χ2n) is 9.82. The van der Waals surface area contributed by atoms with E-state index in [4.69, 9.17) is 0 Å². The standard InChI is InChI=1S/C24H32N6O2/c1-14(2)29-13-16-11-17(7-8-18(16)24(29)32)27-22-21-20(9-10-26-23(21)31)30(28-22)19-6-4-3-5-15(19)12-25/h7-8,11,14-15,19-22,27-28H,3-6,9-10,13H2,1-2H3,(H,26,31)/t15-,19+,20?,21?,22?/m1/s1. The van der Waals surface area contributed by atoms with Crippen LogP contribution in [0.5, 0.6) is 0 Å². The number of piperidine rings is 1. The van der Waals surface area contributed by atoms with E-state index in [1.165, 1.54) is 0 Å². The summed E-state index contributed by atoms with van der Waals surface area (Å²) in [4.78, 5) is 27.4. The molecule has 8 nitrogen and oxygen atoms in total. The van der Waals surface area contributed by atoms with Crippen molar-refractivity contribution in [1.29, 1.82) is 5.26 Å². The molecule has 8 heteroatoms. The van der Waals surface area contributed by atoms with Crippen molar-refractivity contribution in [2.45, 2.75) is 76.8 Å². The van der Waals surface area contributed by atoms with Gasteiger partial charge in [0.1, 0.15) is 6.17 Å². The van der Waals surface area contributed by atoms with Crippen molar-refractivity contribution < 1.29 is 9.59 Å². The molecule has 0 aromatic heterocycles. The van der Waals surface area contributed by atoms with Crippen LogP contribution >= 0.6 is 0 Å². The molecule has 1 aliphatic carbocycles. The lowest BCUT2D eigenvalue weighted by molar-refractivity contribution is -0.128. The number of nitrogens with one attached hydrogen (secondary N) is 3. The van der Waals surface area contributed by atoms with Crippen LogP contribution in [0.15, 0.2) is 18.2 Å². The Balaban J connectivity index is 1.38. The number of nitrogens with zero attached hydrogens (tertiary/aromatic N) is 3. The lowest BCUT2D eigenvalue weighted by atomic mass is 9.83. The van der Waals surface area contributed by atoms with Crippen LogP contribution in [0.1, 0.15) is 61.9 Å². The second-order valence-corrected chi connectivity index (χ2v) is 9.82. The highest BCUT2D eigenvalue weighted by Crippen LogP contribution is 2.37. The van der Waals surface area contributed by atoms with Gasteiger partial charge < -0.3 is 15.5 Å². The molecule has 3 fully saturated rings. The maximum absolute atomic E-state index is 12.9. The lowest BCUT2D eigenvalue weighted by Gasteiger charge is -2.39. The molecule has 2 amide bonds. The number of benzene rings is 1. The van der Waals surface area contributed by atoms with E-state index in [2.05, 4.69) is 27.1 Å². The molecule has 170 valence electrons. The lowest BCUT2D eigenvalue weighted by Crippen LogP contribution is -2.54. The molecule has 3 unspecified atom stereocenters. The number of amides is 2. The number of nitriles is 1. The van der Waals surface area contributed by atoms with E-state index in [1.807, 2.05) is 36.9 Å². The Kier molecular flexibility index (Phi) is 5.56. The third-order valence-corrected chi connectivity index (χ3v) is 7.60. The van der Waals surface area contributed by atoms with E-state index in [1.54, 1.807) is 0 Å². The molecule has 3 heterocycles. The van der Waals surface area contributed by atoms with Crippen LogP contribution < -0.4 is 16.1 Å². The van der Waals surface area contributed by atoms with Gasteiger partial charge in [-0.25, -0.2) is 10.4 Å². The first kappa shape index (κ1) is 21.2. The highest BCUT2D eigenvalue weighted by atomic mass is 16.2. The van der Waals surface area contributed by atoms with Crippen molar-refractivity contribution in [3.8, 4) is 6.07 Å². The van der Waals surface area contributed by atoms with Crippen molar-refractivity contribution in [1.82, 2.24) is 20.7 Å². The zero-order valence-electron chi connectivity index (χ0n) is 18.8. The van der Waals surface area contributed by atoms with Gasteiger partial charge in [0.25, 0.3) is 5.91 Å². The molecule has 32 heavy (non-hydrogen) atoms. The van der Waals surface area contributed by atoms with Gasteiger partial charge in [-0.1, -0.05) is 12.8 Å². The first-order valence-electron chi connectivity index (χ1n) is 11.9. The minimum Gasteiger partial charge on any atom is -0.368 e. The summed E-state index contributed by atoms with van der Waals surface area (Å²) in [5, 5.41) is 18.5. The van der Waals surface area contributed by atoms with Gasteiger partial charge in [-0.15, -0.1) is 0 Å². The Labute approximate surface area is 189 Å². The molecule has 5 atom stereocenters. The van der Waals surface area contributed by atoms with Crippen LogP contribution in [0.3, 0.4) is 0 Å². The SMILES string of the molecule is CC(C)N1Cc2cc(NC3NN([C@H]4CCCC[C@@H]4C#N)C4CCNC(=O)C34)ccc2C1=O. The number of fused-ring (bicyclic) bond motifs is 2. The van der Waals surface area contributed by atoms with Gasteiger partial charge in [-0.2, -0.15) is 5.26 Å². The van der Waals surface area contributed by atoms with Gasteiger partial charge >= 0.3 is 0 Å². The molecule has 5 rings (SSSR count). The van der Waals surface area contributed by atoms with Gasteiger partial charge in [0, 0.05) is 42.5 Å². The maximum atomic E-state index is 12.9. The number of anilines is 1. The molecule has 4 aliphatic rings. The summed E-state index contributed by atoms with van der Waals surface area (Å²) in [6.45, 7) is 5.34. The zero-order valence-corrected chi connectivity index (χ0v) is 18.8. The van der Waals surface area contributed by atoms with E-state index in [0.29, 0.717) is 13.1 Å². The van der Waals surface area contributed by atoms with Gasteiger partial charge in [0.2, 0.25) is 5.91 Å². The van der Waals surface area contributed by atoms with Crippen molar-refractivity contribution >= 4 is 17.5 Å². The first-order valence-corrected chi connectivity index (χ1v) is 11.9. The monoisotopic (exact) mass is 436 g/mol. The molecule has 0 spiro atoms. The fraction of sp³-hybridized carbons (Fsp3) is 0.625. The predicted molar refractivity (Wildman–Crippen MR) is 120 cm³/mol. The van der Waals surface area contributed by atoms with Crippen molar-refractivity contribution in [3.63, 3.8) is 0 Å². The topological polar surface area (TPSA) is 100 Å². The van der Waals surface area contributed by atoms with Gasteiger partial charge in [-0.3, -0.25) is 9.59 Å². The Bertz CT molecular complexity index is 956. The van der Waals surface area contributed by atoms with Crippen LogP contribution in [0.25, 0.3) is 0 Å². The van der Waals surface area contributed by atoms with Crippen LogP contribution in [0, 0.1) is 23.2 Å². The Morgan fingerprint density at radius 1 is 1.16 bits per heavy atom. The summed E-state index contributed by atoms with van der Waals surface area (Å²) in [5.74, 6) is -0.0978. The first-order chi connectivity index (χ1) is 15.5. The zero-order chi connectivity index (χ0) is 22.4. The van der Waals surface area contributed by atoms with Crippen LogP contribution in [0.4, 0.5) is 5.69 Å². The highest BCUT2D eigenvalue weighted by molar-refractivity contribution is 5.99. The summed E-state index contributed by atoms with van der Waals surface area (Å²) < 4.78 is 0. The highest BCUT2D eigenvalue weighted by Gasteiger charge is 2.51. The molecule has 2 saturated heterocycles. The summed E-state index contributed by atoms with van der Waals surface area (Å²) in [7, 11) is 0. The number of hydrogen-bond donors (Lipinski definition) is 3. The number of carbonyl (C=O) groups excluding carboxylic acids is 2. The summed E-state index contributed by atoms with van der Waals surface area (Å²) in [6, 6.07) is 8.73. The van der Waals surface area contributed by atoms with Crippen LogP contribution in [0.2, 0.25) is 0 Å². The van der Waals surface area contributed by atoms with Crippen molar-refractivity contribution in [2.24, 2.45) is 11.8 Å². The second kappa shape index (κ2) is 8.38. The molecule has 1 saturated carbocycles. The molecule has 1 aromatic carbocycles. The number of hydrazine groups is 1. The average molecular weight is 437 g/mol. The molecule has 0 bridgehead atoms. The summed E-state index contributed by atoms with van der Waals surface area (Å²) in [6.07, 6.45) is 4.74. The molecule has 3 N–H and O–H groups in total. The van der Waals surface area contributed by atoms with Crippen molar-refractivity contribution in [2.75, 3.05) is 11.9 Å². The Hall–Kier alpha value is -2.63. The third kappa shape index (κ3) is 3.54. The van der Waals surface area contributed by atoms with Crippen molar-refractivity contribution in [3.05, 3.63) is 29.3 Å². The summed E-state index contributed by atoms with van der Waals surface area (Å²) >= 11 is 0. The Morgan fingerprint density at radius 2 is 1.97 bits per heavy atom. The van der Waals surface area contributed by atoms with E-state index in [9.17, 15) is 14.9 Å². The van der Waals surface area contributed by atoms with E-state index in [-0.39, 0.29) is 47.9 Å². The number of carbonyl (C=O) groups is 2. The molecular formula is C24H32N6O2. The number of rotatable bonds is 4.